The van der Waals surface area contributed by atoms with Gasteiger partial charge in [-0.05, 0) is 42.0 Å². The number of hydrogen-bond donors (Lipinski definition) is 2. The molecule has 3 rings (SSSR count). The summed E-state index contributed by atoms with van der Waals surface area (Å²) < 4.78 is 32.7. The van der Waals surface area contributed by atoms with Gasteiger partial charge < -0.3 is 10.1 Å². The highest BCUT2D eigenvalue weighted by molar-refractivity contribution is 7.92. The van der Waals surface area contributed by atoms with E-state index in [2.05, 4.69) is 10.0 Å². The minimum Gasteiger partial charge on any atom is -0.497 e. The number of benzene rings is 3. The maximum absolute atomic E-state index is 12.5. The average molecular weight is 396 g/mol. The Balaban J connectivity index is 1.67. The highest BCUT2D eigenvalue weighted by Gasteiger charge is 2.15. The Hall–Kier alpha value is -3.32. The molecule has 28 heavy (non-hydrogen) atoms. The third-order valence-electron chi connectivity index (χ3n) is 4.04. The Labute approximate surface area is 164 Å². The average Bonchev–Trinajstić information content (AvgIpc) is 2.72. The number of methoxy groups -OCH3 is 1. The molecule has 6 nitrogen and oxygen atoms in total. The Bertz CT molecular complexity index is 1050. The third-order valence-corrected chi connectivity index (χ3v) is 5.44. The number of anilines is 1. The fraction of sp³-hybridized carbons (Fsp3) is 0.0952. The monoisotopic (exact) mass is 396 g/mol. The van der Waals surface area contributed by atoms with Gasteiger partial charge in [0.15, 0.2) is 0 Å². The van der Waals surface area contributed by atoms with Crippen molar-refractivity contribution in [3.63, 3.8) is 0 Å². The van der Waals surface area contributed by atoms with Gasteiger partial charge in [0.1, 0.15) is 5.75 Å². The summed E-state index contributed by atoms with van der Waals surface area (Å²) >= 11 is 0. The molecule has 0 aliphatic rings. The molecule has 3 aromatic rings. The Morgan fingerprint density at radius 3 is 2.32 bits per heavy atom. The van der Waals surface area contributed by atoms with Crippen LogP contribution in [0.1, 0.15) is 15.9 Å². The second-order valence-corrected chi connectivity index (χ2v) is 7.71. The molecule has 0 spiro atoms. The highest BCUT2D eigenvalue weighted by Crippen LogP contribution is 2.21. The van der Waals surface area contributed by atoms with Crippen molar-refractivity contribution in [1.82, 2.24) is 5.32 Å². The van der Waals surface area contributed by atoms with Crippen LogP contribution in [0.2, 0.25) is 0 Å². The maximum atomic E-state index is 12.5. The molecular weight excluding hydrogens is 376 g/mol. The van der Waals surface area contributed by atoms with Gasteiger partial charge in [-0.1, -0.05) is 36.4 Å². The Morgan fingerprint density at radius 2 is 1.64 bits per heavy atom. The summed E-state index contributed by atoms with van der Waals surface area (Å²) in [7, 11) is -2.26. The van der Waals surface area contributed by atoms with Gasteiger partial charge >= 0.3 is 0 Å². The van der Waals surface area contributed by atoms with Gasteiger partial charge in [0.05, 0.1) is 17.7 Å². The molecule has 0 unspecified atom stereocenters. The normalized spacial score (nSPS) is 10.9. The second kappa shape index (κ2) is 8.58. The predicted octanol–water partition coefficient (Wildman–Crippen LogP) is 3.43. The molecule has 0 aromatic heterocycles. The molecule has 0 saturated carbocycles. The summed E-state index contributed by atoms with van der Waals surface area (Å²) in [6.45, 7) is 0.400. The second-order valence-electron chi connectivity index (χ2n) is 6.03. The molecule has 0 atom stereocenters. The first kappa shape index (κ1) is 19.4. The van der Waals surface area contributed by atoms with E-state index >= 15 is 0 Å². The van der Waals surface area contributed by atoms with Crippen LogP contribution in [0.15, 0.2) is 83.8 Å². The molecule has 0 saturated heterocycles. The lowest BCUT2D eigenvalue weighted by atomic mass is 10.2. The molecule has 7 heteroatoms. The minimum atomic E-state index is -3.77. The predicted molar refractivity (Wildman–Crippen MR) is 108 cm³/mol. The van der Waals surface area contributed by atoms with Crippen LogP contribution >= 0.6 is 0 Å². The zero-order valence-corrected chi connectivity index (χ0v) is 16.1. The first-order chi connectivity index (χ1) is 13.5. The molecule has 3 aromatic carbocycles. The van der Waals surface area contributed by atoms with Crippen molar-refractivity contribution in [3.8, 4) is 5.75 Å². The summed E-state index contributed by atoms with van der Waals surface area (Å²) in [6, 6.07) is 21.9. The molecule has 0 aliphatic heterocycles. The topological polar surface area (TPSA) is 84.5 Å². The van der Waals surface area contributed by atoms with Gasteiger partial charge in [-0.25, -0.2) is 8.42 Å². The largest absolute Gasteiger partial charge is 0.497 e. The fourth-order valence-electron chi connectivity index (χ4n) is 2.57. The van der Waals surface area contributed by atoms with Crippen molar-refractivity contribution in [2.45, 2.75) is 11.4 Å². The number of ether oxygens (including phenoxy) is 1. The van der Waals surface area contributed by atoms with E-state index in [4.69, 9.17) is 4.74 Å². The number of carbonyl (C=O) groups is 1. The first-order valence-corrected chi connectivity index (χ1v) is 10.1. The smallest absolute Gasteiger partial charge is 0.261 e. The van der Waals surface area contributed by atoms with Crippen molar-refractivity contribution < 1.29 is 17.9 Å². The standard InChI is InChI=1S/C21H20N2O4S/c1-27-19-9-5-8-18(14-19)23-28(25,26)20-12-10-17(11-13-20)21(24)22-15-16-6-3-2-4-7-16/h2-14,23H,15H2,1H3,(H,22,24). The van der Waals surface area contributed by atoms with Crippen LogP contribution in [-0.2, 0) is 16.6 Å². The maximum Gasteiger partial charge on any atom is 0.261 e. The lowest BCUT2D eigenvalue weighted by Crippen LogP contribution is -2.22. The van der Waals surface area contributed by atoms with Crippen molar-refractivity contribution in [2.75, 3.05) is 11.8 Å². The van der Waals surface area contributed by atoms with Gasteiger partial charge in [-0.2, -0.15) is 0 Å². The van der Waals surface area contributed by atoms with Crippen LogP contribution in [0.25, 0.3) is 0 Å². The molecule has 144 valence electrons. The van der Waals surface area contributed by atoms with Crippen molar-refractivity contribution in [2.24, 2.45) is 0 Å². The number of hydrogen-bond acceptors (Lipinski definition) is 4. The molecule has 0 radical (unpaired) electrons. The lowest BCUT2D eigenvalue weighted by molar-refractivity contribution is 0.0951. The van der Waals surface area contributed by atoms with E-state index < -0.39 is 10.0 Å². The number of rotatable bonds is 7. The fourth-order valence-corrected chi connectivity index (χ4v) is 3.62. The van der Waals surface area contributed by atoms with E-state index in [1.54, 1.807) is 24.3 Å². The first-order valence-electron chi connectivity index (χ1n) is 8.57. The van der Waals surface area contributed by atoms with Gasteiger partial charge in [0.2, 0.25) is 0 Å². The molecule has 0 aliphatic carbocycles. The zero-order chi connectivity index (χ0) is 20.0. The molecule has 0 fully saturated rings. The number of nitrogens with one attached hydrogen (secondary N) is 2. The summed E-state index contributed by atoms with van der Waals surface area (Å²) in [4.78, 5) is 12.3. The van der Waals surface area contributed by atoms with Gasteiger partial charge in [-0.3, -0.25) is 9.52 Å². The van der Waals surface area contributed by atoms with Crippen LogP contribution in [0.5, 0.6) is 5.75 Å². The number of amides is 1. The number of sulfonamides is 1. The van der Waals surface area contributed by atoms with Crippen molar-refractivity contribution in [1.29, 1.82) is 0 Å². The molecular formula is C21H20N2O4S. The summed E-state index contributed by atoms with van der Waals surface area (Å²) in [5.41, 5.74) is 1.76. The third kappa shape index (κ3) is 4.89. The molecule has 1 amide bonds. The van der Waals surface area contributed by atoms with E-state index in [9.17, 15) is 13.2 Å². The highest BCUT2D eigenvalue weighted by atomic mass is 32.2. The molecule has 0 heterocycles. The minimum absolute atomic E-state index is 0.0647. The van der Waals surface area contributed by atoms with Gasteiger partial charge in [0, 0.05) is 18.2 Å². The van der Waals surface area contributed by atoms with E-state index in [-0.39, 0.29) is 10.8 Å². The van der Waals surface area contributed by atoms with Crippen molar-refractivity contribution in [3.05, 3.63) is 90.0 Å². The van der Waals surface area contributed by atoms with E-state index in [1.165, 1.54) is 31.4 Å². The summed E-state index contributed by atoms with van der Waals surface area (Å²) in [5, 5.41) is 2.81. The number of carbonyl (C=O) groups excluding carboxylic acids is 1. The van der Waals surface area contributed by atoms with Crippen LogP contribution in [0, 0.1) is 0 Å². The quantitative estimate of drug-likeness (QED) is 0.641. The van der Waals surface area contributed by atoms with Gasteiger partial charge in [-0.15, -0.1) is 0 Å². The van der Waals surface area contributed by atoms with E-state index in [0.29, 0.717) is 23.5 Å². The Kier molecular flexibility index (Phi) is 5.96. The van der Waals surface area contributed by atoms with Crippen LogP contribution in [-0.4, -0.2) is 21.4 Å². The lowest BCUT2D eigenvalue weighted by Gasteiger charge is -2.10. The molecule has 2 N–H and O–H groups in total. The summed E-state index contributed by atoms with van der Waals surface area (Å²) in [6.07, 6.45) is 0. The van der Waals surface area contributed by atoms with Gasteiger partial charge in [0.25, 0.3) is 15.9 Å². The van der Waals surface area contributed by atoms with Crippen LogP contribution in [0.3, 0.4) is 0 Å². The van der Waals surface area contributed by atoms with Crippen LogP contribution < -0.4 is 14.8 Å². The van der Waals surface area contributed by atoms with Crippen molar-refractivity contribution >= 4 is 21.6 Å². The van der Waals surface area contributed by atoms with E-state index in [0.717, 1.165) is 5.56 Å². The van der Waals surface area contributed by atoms with E-state index in [1.807, 2.05) is 30.3 Å². The zero-order valence-electron chi connectivity index (χ0n) is 15.3. The Morgan fingerprint density at radius 1 is 0.929 bits per heavy atom. The summed E-state index contributed by atoms with van der Waals surface area (Å²) in [5.74, 6) is 0.277. The van der Waals surface area contributed by atoms with Crippen LogP contribution in [0.4, 0.5) is 5.69 Å². The molecule has 0 bridgehead atoms. The SMILES string of the molecule is COc1cccc(NS(=O)(=O)c2ccc(C(=O)NCc3ccccc3)cc2)c1.